The molecule has 1 nitrogen and oxygen atoms in total. The second kappa shape index (κ2) is 9.01. The molecule has 2 aromatic rings. The van der Waals surface area contributed by atoms with E-state index in [1.165, 1.54) is 0 Å². The van der Waals surface area contributed by atoms with Crippen molar-refractivity contribution in [1.29, 1.82) is 0 Å². The normalized spacial score (nSPS) is 12.8. The lowest BCUT2D eigenvalue weighted by Crippen LogP contribution is -2.18. The van der Waals surface area contributed by atoms with Crippen LogP contribution in [0.15, 0.2) is 70.5 Å². The summed E-state index contributed by atoms with van der Waals surface area (Å²) < 4.78 is 15.3. The average molecular weight is 456 g/mol. The summed E-state index contributed by atoms with van der Waals surface area (Å²) in [5.74, 6) is 0. The molecule has 0 radical (unpaired) electrons. The number of hydrogen-bond donors (Lipinski definition) is 0. The second-order valence-corrected chi connectivity index (χ2v) is 9.68. The summed E-state index contributed by atoms with van der Waals surface area (Å²) in [6.07, 6.45) is 2.94. The quantitative estimate of drug-likeness (QED) is 0.359. The third-order valence-corrected chi connectivity index (χ3v) is 9.50. The number of unbranched alkanes of at least 4 members (excludes halogenated alkanes) is 1. The van der Waals surface area contributed by atoms with Gasteiger partial charge in [-0.25, -0.2) is 0 Å². The van der Waals surface area contributed by atoms with Crippen molar-refractivity contribution in [2.24, 2.45) is 0 Å². The van der Waals surface area contributed by atoms with E-state index in [-0.39, 0.29) is 0 Å². The van der Waals surface area contributed by atoms with E-state index in [0.29, 0.717) is 5.33 Å². The Hall–Kier alpha value is -0.630. The van der Waals surface area contributed by atoms with Crippen LogP contribution >= 0.6 is 39.0 Å². The lowest BCUT2D eigenvalue weighted by atomic mass is 10.2. The molecular weight excluding hydrogens is 435 g/mol. The van der Waals surface area contributed by atoms with Gasteiger partial charge >= 0.3 is 0 Å². The summed E-state index contributed by atoms with van der Waals surface area (Å²) in [7, 11) is -2.83. The van der Waals surface area contributed by atoms with Gasteiger partial charge in [-0.05, 0) is 12.8 Å². The first-order valence-electron chi connectivity index (χ1n) is 7.80. The van der Waals surface area contributed by atoms with Crippen molar-refractivity contribution in [3.8, 4) is 0 Å². The number of halogens is 2. The highest BCUT2D eigenvalue weighted by Gasteiger charge is 2.32. The van der Waals surface area contributed by atoms with Crippen LogP contribution in [-0.4, -0.2) is 5.33 Å². The Morgan fingerprint density at radius 2 is 1.43 bits per heavy atom. The Morgan fingerprint density at radius 1 is 0.957 bits per heavy atom. The fourth-order valence-corrected chi connectivity index (χ4v) is 7.12. The summed E-state index contributed by atoms with van der Waals surface area (Å²) in [4.78, 5) is 0. The Labute approximate surface area is 155 Å². The topological polar surface area (TPSA) is 17.1 Å². The summed E-state index contributed by atoms with van der Waals surface area (Å²) in [5.41, 5.74) is 0. The van der Waals surface area contributed by atoms with E-state index >= 15 is 0 Å². The Morgan fingerprint density at radius 3 is 1.83 bits per heavy atom. The number of alkyl halides is 1. The third-order valence-electron chi connectivity index (χ3n) is 3.82. The molecule has 0 aliphatic rings. The molecule has 122 valence electrons. The number of benzene rings is 2. The minimum absolute atomic E-state index is 0.676. The van der Waals surface area contributed by atoms with Gasteiger partial charge in [0.05, 0.1) is 0 Å². The standard InChI is InChI=1S/C19H21Br2OP/c1-2-3-14-19(18(21)15-20)23(22,16-10-6-4-7-11-16)17-12-8-5-9-13-17/h4-13H,2-3,14-15H2,1H3/b19-18+. The predicted octanol–water partition coefficient (Wildman–Crippen LogP) is 6.19. The fraction of sp³-hybridized carbons (Fsp3) is 0.263. The number of allylic oxidation sites excluding steroid dienone is 2. The van der Waals surface area contributed by atoms with E-state index in [1.807, 2.05) is 60.7 Å². The first-order valence-corrected chi connectivity index (χ1v) is 11.4. The molecule has 23 heavy (non-hydrogen) atoms. The van der Waals surface area contributed by atoms with E-state index in [4.69, 9.17) is 0 Å². The van der Waals surface area contributed by atoms with Crippen LogP contribution in [-0.2, 0) is 4.57 Å². The highest BCUT2D eigenvalue weighted by molar-refractivity contribution is 9.13. The van der Waals surface area contributed by atoms with E-state index in [9.17, 15) is 4.57 Å². The molecule has 0 atom stereocenters. The monoisotopic (exact) mass is 454 g/mol. The van der Waals surface area contributed by atoms with Crippen molar-refractivity contribution in [3.05, 3.63) is 70.5 Å². The maximum absolute atomic E-state index is 14.3. The van der Waals surface area contributed by atoms with Crippen LogP contribution in [0.4, 0.5) is 0 Å². The summed E-state index contributed by atoms with van der Waals surface area (Å²) >= 11 is 7.18. The van der Waals surface area contributed by atoms with E-state index in [1.54, 1.807) is 0 Å². The van der Waals surface area contributed by atoms with Crippen LogP contribution in [0.25, 0.3) is 0 Å². The van der Waals surface area contributed by atoms with E-state index < -0.39 is 7.14 Å². The van der Waals surface area contributed by atoms with Crippen LogP contribution in [0.2, 0.25) is 0 Å². The minimum atomic E-state index is -2.83. The molecule has 0 aromatic heterocycles. The van der Waals surface area contributed by atoms with Gasteiger partial charge < -0.3 is 4.57 Å². The highest BCUT2D eigenvalue weighted by atomic mass is 79.9. The number of rotatable bonds is 7. The van der Waals surface area contributed by atoms with Crippen LogP contribution in [0, 0.1) is 0 Å². The Kier molecular flexibility index (Phi) is 7.33. The molecule has 0 saturated carbocycles. The third kappa shape index (κ3) is 4.26. The second-order valence-electron chi connectivity index (χ2n) is 5.37. The summed E-state index contributed by atoms with van der Waals surface area (Å²) in [5, 5.41) is 3.49. The largest absolute Gasteiger partial charge is 0.309 e. The van der Waals surface area contributed by atoms with Crippen molar-refractivity contribution >= 4 is 49.6 Å². The molecule has 0 heterocycles. The van der Waals surface area contributed by atoms with Crippen molar-refractivity contribution < 1.29 is 4.57 Å². The van der Waals surface area contributed by atoms with Gasteiger partial charge in [0.15, 0.2) is 7.14 Å². The molecule has 0 spiro atoms. The summed E-state index contributed by atoms with van der Waals surface area (Å²) in [6, 6.07) is 19.7. The van der Waals surface area contributed by atoms with Gasteiger partial charge in [0.1, 0.15) is 0 Å². The molecule has 2 aromatic carbocycles. The van der Waals surface area contributed by atoms with Crippen LogP contribution in [0.5, 0.6) is 0 Å². The smallest absolute Gasteiger partial charge is 0.167 e. The van der Waals surface area contributed by atoms with Crippen LogP contribution in [0.3, 0.4) is 0 Å². The van der Waals surface area contributed by atoms with E-state index in [0.717, 1.165) is 39.7 Å². The van der Waals surface area contributed by atoms with Crippen LogP contribution < -0.4 is 10.6 Å². The average Bonchev–Trinajstić information content (AvgIpc) is 2.62. The first-order chi connectivity index (χ1) is 11.1. The first kappa shape index (κ1) is 18.7. The SMILES string of the molecule is CCCC/C(=C(\Br)CBr)P(=O)(c1ccccc1)c1ccccc1. The van der Waals surface area contributed by atoms with Crippen molar-refractivity contribution in [2.75, 3.05) is 5.33 Å². The number of hydrogen-bond acceptors (Lipinski definition) is 1. The van der Waals surface area contributed by atoms with Crippen molar-refractivity contribution in [1.82, 2.24) is 0 Å². The molecule has 0 aliphatic carbocycles. The molecule has 0 aliphatic heterocycles. The molecule has 0 saturated heterocycles. The van der Waals surface area contributed by atoms with Gasteiger partial charge in [0.25, 0.3) is 0 Å². The van der Waals surface area contributed by atoms with Gasteiger partial charge in [-0.1, -0.05) is 106 Å². The molecule has 2 rings (SSSR count). The van der Waals surface area contributed by atoms with Gasteiger partial charge in [-0.3, -0.25) is 0 Å². The minimum Gasteiger partial charge on any atom is -0.309 e. The molecule has 0 N–H and O–H groups in total. The Bertz CT molecular complexity index is 652. The molecule has 0 unspecified atom stereocenters. The Balaban J connectivity index is 2.69. The zero-order valence-corrected chi connectivity index (χ0v) is 17.3. The molecular formula is C19H21Br2OP. The van der Waals surface area contributed by atoms with Crippen molar-refractivity contribution in [3.63, 3.8) is 0 Å². The molecule has 0 bridgehead atoms. The molecule has 0 amide bonds. The maximum Gasteiger partial charge on any atom is 0.167 e. The molecule has 0 fully saturated rings. The van der Waals surface area contributed by atoms with Crippen molar-refractivity contribution in [2.45, 2.75) is 26.2 Å². The predicted molar refractivity (Wildman–Crippen MR) is 109 cm³/mol. The van der Waals surface area contributed by atoms with E-state index in [2.05, 4.69) is 38.8 Å². The lowest BCUT2D eigenvalue weighted by molar-refractivity contribution is 0.588. The zero-order chi connectivity index (χ0) is 16.7. The molecule has 4 heteroatoms. The lowest BCUT2D eigenvalue weighted by Gasteiger charge is -2.24. The maximum atomic E-state index is 14.3. The van der Waals surface area contributed by atoms with Gasteiger partial charge in [0, 0.05) is 25.7 Å². The zero-order valence-electron chi connectivity index (χ0n) is 13.2. The fourth-order valence-electron chi connectivity index (χ4n) is 2.62. The highest BCUT2D eigenvalue weighted by Crippen LogP contribution is 2.55. The van der Waals surface area contributed by atoms with Gasteiger partial charge in [0.2, 0.25) is 0 Å². The van der Waals surface area contributed by atoms with Gasteiger partial charge in [-0.2, -0.15) is 0 Å². The summed E-state index contributed by atoms with van der Waals surface area (Å²) in [6.45, 7) is 2.16. The van der Waals surface area contributed by atoms with Crippen LogP contribution in [0.1, 0.15) is 26.2 Å². The van der Waals surface area contributed by atoms with Gasteiger partial charge in [-0.15, -0.1) is 0 Å².